The fourth-order valence-corrected chi connectivity index (χ4v) is 3.72. The Kier molecular flexibility index (Phi) is 4.47. The molecular formula is C20H20N6O3. The van der Waals surface area contributed by atoms with Crippen LogP contribution in [0.15, 0.2) is 48.8 Å². The van der Waals surface area contributed by atoms with Gasteiger partial charge in [0.15, 0.2) is 11.5 Å². The number of carbonyl (C=O) groups is 1. The van der Waals surface area contributed by atoms with Crippen LogP contribution in [0.3, 0.4) is 0 Å². The van der Waals surface area contributed by atoms with E-state index in [-0.39, 0.29) is 18.7 Å². The number of carbonyl (C=O) groups excluding carboxylic acids is 1. The fourth-order valence-electron chi connectivity index (χ4n) is 3.72. The Morgan fingerprint density at radius 2 is 1.97 bits per heavy atom. The molecule has 0 aliphatic carbocycles. The maximum atomic E-state index is 13.0. The Labute approximate surface area is 167 Å². The van der Waals surface area contributed by atoms with Crippen LogP contribution in [0, 0.1) is 0 Å². The van der Waals surface area contributed by atoms with Gasteiger partial charge in [-0.25, -0.2) is 4.68 Å². The molecule has 1 saturated heterocycles. The molecule has 2 aliphatic rings. The zero-order valence-corrected chi connectivity index (χ0v) is 15.7. The standard InChI is InChI=1S/C20H20N6O3/c27-20(14-3-6-17(7-4-14)26-12-21-23-24-26)25-9-1-2-16(11-25)22-15-5-8-18-19(10-15)29-13-28-18/h3-8,10,12,16,22H,1-2,9,11,13H2. The Morgan fingerprint density at radius 3 is 2.79 bits per heavy atom. The van der Waals surface area contributed by atoms with E-state index in [4.69, 9.17) is 9.47 Å². The third kappa shape index (κ3) is 3.58. The monoisotopic (exact) mass is 392 g/mol. The summed E-state index contributed by atoms with van der Waals surface area (Å²) in [4.78, 5) is 14.9. The topological polar surface area (TPSA) is 94.4 Å². The maximum Gasteiger partial charge on any atom is 0.253 e. The number of rotatable bonds is 4. The third-order valence-electron chi connectivity index (χ3n) is 5.18. The Bertz CT molecular complexity index is 1010. The van der Waals surface area contributed by atoms with Crippen LogP contribution in [-0.4, -0.2) is 56.9 Å². The van der Waals surface area contributed by atoms with Gasteiger partial charge in [-0.05, 0) is 59.7 Å². The molecule has 1 atom stereocenters. The van der Waals surface area contributed by atoms with E-state index in [0.717, 1.165) is 42.3 Å². The van der Waals surface area contributed by atoms with Crippen molar-refractivity contribution in [1.29, 1.82) is 0 Å². The molecule has 1 aromatic heterocycles. The lowest BCUT2D eigenvalue weighted by Crippen LogP contribution is -2.45. The smallest absolute Gasteiger partial charge is 0.253 e. The van der Waals surface area contributed by atoms with Crippen molar-refractivity contribution in [2.75, 3.05) is 25.2 Å². The second kappa shape index (κ2) is 7.42. The number of amides is 1. The van der Waals surface area contributed by atoms with Crippen molar-refractivity contribution in [2.24, 2.45) is 0 Å². The summed E-state index contributed by atoms with van der Waals surface area (Å²) in [6.45, 7) is 1.67. The second-order valence-electron chi connectivity index (χ2n) is 7.10. The van der Waals surface area contributed by atoms with Crippen LogP contribution in [0.25, 0.3) is 5.69 Å². The first-order valence-corrected chi connectivity index (χ1v) is 9.55. The van der Waals surface area contributed by atoms with Crippen molar-refractivity contribution in [2.45, 2.75) is 18.9 Å². The number of nitrogens with one attached hydrogen (secondary N) is 1. The highest BCUT2D eigenvalue weighted by molar-refractivity contribution is 5.94. The Balaban J connectivity index is 1.25. The number of anilines is 1. The van der Waals surface area contributed by atoms with Gasteiger partial charge >= 0.3 is 0 Å². The normalized spacial score (nSPS) is 17.9. The van der Waals surface area contributed by atoms with Gasteiger partial charge in [-0.3, -0.25) is 4.79 Å². The first kappa shape index (κ1) is 17.5. The van der Waals surface area contributed by atoms with Crippen LogP contribution in [0.4, 0.5) is 5.69 Å². The lowest BCUT2D eigenvalue weighted by Gasteiger charge is -2.33. The first-order valence-electron chi connectivity index (χ1n) is 9.55. The molecule has 2 aromatic carbocycles. The number of nitrogens with zero attached hydrogens (tertiary/aromatic N) is 5. The zero-order valence-electron chi connectivity index (χ0n) is 15.7. The molecule has 0 radical (unpaired) electrons. The average molecular weight is 392 g/mol. The second-order valence-corrected chi connectivity index (χ2v) is 7.10. The molecule has 3 aromatic rings. The summed E-state index contributed by atoms with van der Waals surface area (Å²) in [7, 11) is 0. The molecule has 1 N–H and O–H groups in total. The van der Waals surface area contributed by atoms with Gasteiger partial charge in [0.1, 0.15) is 6.33 Å². The quantitative estimate of drug-likeness (QED) is 0.727. The minimum Gasteiger partial charge on any atom is -0.454 e. The minimum atomic E-state index is 0.0328. The molecule has 1 amide bonds. The predicted molar refractivity (Wildman–Crippen MR) is 104 cm³/mol. The lowest BCUT2D eigenvalue weighted by molar-refractivity contribution is 0.0715. The summed E-state index contributed by atoms with van der Waals surface area (Å²) in [5.74, 6) is 1.55. The first-order chi connectivity index (χ1) is 14.3. The fraction of sp³-hybridized carbons (Fsp3) is 0.300. The number of likely N-dealkylation sites (tertiary alicyclic amines) is 1. The minimum absolute atomic E-state index is 0.0328. The summed E-state index contributed by atoms with van der Waals surface area (Å²) in [6, 6.07) is 13.3. The number of hydrogen-bond acceptors (Lipinski definition) is 7. The highest BCUT2D eigenvalue weighted by atomic mass is 16.7. The van der Waals surface area contributed by atoms with E-state index in [1.165, 1.54) is 6.33 Å². The zero-order chi connectivity index (χ0) is 19.6. The van der Waals surface area contributed by atoms with Crippen LogP contribution >= 0.6 is 0 Å². The summed E-state index contributed by atoms with van der Waals surface area (Å²) in [6.07, 6.45) is 3.49. The number of piperidine rings is 1. The van der Waals surface area contributed by atoms with Gasteiger partial charge < -0.3 is 19.7 Å². The van der Waals surface area contributed by atoms with E-state index in [9.17, 15) is 4.79 Å². The van der Waals surface area contributed by atoms with Gasteiger partial charge in [-0.15, -0.1) is 5.10 Å². The Hall–Kier alpha value is -3.62. The predicted octanol–water partition coefficient (Wildman–Crippen LogP) is 2.11. The lowest BCUT2D eigenvalue weighted by atomic mass is 10.0. The maximum absolute atomic E-state index is 13.0. The van der Waals surface area contributed by atoms with Crippen molar-refractivity contribution < 1.29 is 14.3 Å². The largest absolute Gasteiger partial charge is 0.454 e. The summed E-state index contributed by atoms with van der Waals surface area (Å²) >= 11 is 0. The van der Waals surface area contributed by atoms with E-state index < -0.39 is 0 Å². The van der Waals surface area contributed by atoms with Gasteiger partial charge in [-0.2, -0.15) is 0 Å². The van der Waals surface area contributed by atoms with Crippen LogP contribution in [0.2, 0.25) is 0 Å². The SMILES string of the molecule is O=C(c1ccc(-n2cnnn2)cc1)N1CCCC(Nc2ccc3c(c2)OCO3)C1. The molecule has 9 heteroatoms. The average Bonchev–Trinajstić information content (AvgIpc) is 3.45. The molecule has 1 unspecified atom stereocenters. The van der Waals surface area contributed by atoms with Gasteiger partial charge in [0, 0.05) is 36.4 Å². The van der Waals surface area contributed by atoms with Crippen molar-refractivity contribution in [3.8, 4) is 17.2 Å². The molecule has 2 aliphatic heterocycles. The van der Waals surface area contributed by atoms with Crippen LogP contribution < -0.4 is 14.8 Å². The van der Waals surface area contributed by atoms with Crippen molar-refractivity contribution in [3.05, 3.63) is 54.4 Å². The number of ether oxygens (including phenoxy) is 2. The molecule has 0 spiro atoms. The van der Waals surface area contributed by atoms with Gasteiger partial charge in [-0.1, -0.05) is 0 Å². The van der Waals surface area contributed by atoms with Crippen LogP contribution in [0.5, 0.6) is 11.5 Å². The van der Waals surface area contributed by atoms with E-state index in [0.29, 0.717) is 12.1 Å². The number of aromatic nitrogens is 4. The number of benzene rings is 2. The Morgan fingerprint density at radius 1 is 1.10 bits per heavy atom. The molecule has 0 saturated carbocycles. The van der Waals surface area contributed by atoms with Crippen molar-refractivity contribution in [3.63, 3.8) is 0 Å². The van der Waals surface area contributed by atoms with Crippen LogP contribution in [-0.2, 0) is 0 Å². The summed E-state index contributed by atoms with van der Waals surface area (Å²) < 4.78 is 12.4. The molecule has 5 rings (SSSR count). The van der Waals surface area contributed by atoms with E-state index in [1.807, 2.05) is 47.4 Å². The van der Waals surface area contributed by atoms with Crippen LogP contribution in [0.1, 0.15) is 23.2 Å². The highest BCUT2D eigenvalue weighted by Crippen LogP contribution is 2.34. The molecular weight excluding hydrogens is 372 g/mol. The van der Waals surface area contributed by atoms with E-state index in [1.54, 1.807) is 4.68 Å². The molecule has 9 nitrogen and oxygen atoms in total. The van der Waals surface area contributed by atoms with Gasteiger partial charge in [0.2, 0.25) is 6.79 Å². The molecule has 3 heterocycles. The number of hydrogen-bond donors (Lipinski definition) is 1. The molecule has 148 valence electrons. The third-order valence-corrected chi connectivity index (χ3v) is 5.18. The van der Waals surface area contributed by atoms with Crippen molar-refractivity contribution in [1.82, 2.24) is 25.1 Å². The van der Waals surface area contributed by atoms with Gasteiger partial charge in [0.05, 0.1) is 5.69 Å². The molecule has 1 fully saturated rings. The molecule has 0 bridgehead atoms. The summed E-state index contributed by atoms with van der Waals surface area (Å²) in [5.41, 5.74) is 2.44. The van der Waals surface area contributed by atoms with Gasteiger partial charge in [0.25, 0.3) is 5.91 Å². The number of fused-ring (bicyclic) bond motifs is 1. The van der Waals surface area contributed by atoms with E-state index >= 15 is 0 Å². The summed E-state index contributed by atoms with van der Waals surface area (Å²) in [5, 5.41) is 14.6. The molecule has 29 heavy (non-hydrogen) atoms. The number of tetrazole rings is 1. The van der Waals surface area contributed by atoms with Crippen molar-refractivity contribution >= 4 is 11.6 Å². The van der Waals surface area contributed by atoms with E-state index in [2.05, 4.69) is 20.8 Å². The highest BCUT2D eigenvalue weighted by Gasteiger charge is 2.25.